The quantitative estimate of drug-likeness (QED) is 0.0533. The highest BCUT2D eigenvalue weighted by Crippen LogP contribution is 2.44. The zero-order chi connectivity index (χ0) is 28.9. The Bertz CT molecular complexity index is 1590. The number of ketones is 1. The number of hydrogen-bond donors (Lipinski definition) is 1. The number of aromatic nitrogens is 2. The van der Waals surface area contributed by atoms with Crippen LogP contribution < -0.4 is 9.64 Å². The molecule has 2 heterocycles. The summed E-state index contributed by atoms with van der Waals surface area (Å²) in [7, 11) is 0. The highest BCUT2D eigenvalue weighted by Gasteiger charge is 2.48. The van der Waals surface area contributed by atoms with Crippen molar-refractivity contribution in [2.45, 2.75) is 35.9 Å². The lowest BCUT2D eigenvalue weighted by Crippen LogP contribution is -2.29. The molecule has 1 fully saturated rings. The van der Waals surface area contributed by atoms with E-state index in [4.69, 9.17) is 4.74 Å². The maximum absolute atomic E-state index is 14.1. The monoisotopic (exact) mass is 593 g/mol. The number of unbranched alkanes of at least 4 members (excludes halogenated alkanes) is 1. The van der Waals surface area contributed by atoms with Crippen LogP contribution >= 0.6 is 23.1 Å². The number of aliphatic hydroxyl groups excluding tert-OH is 1. The van der Waals surface area contributed by atoms with E-state index in [0.717, 1.165) is 29.1 Å². The molecule has 4 aromatic rings. The van der Waals surface area contributed by atoms with Crippen molar-refractivity contribution < 1.29 is 28.2 Å². The molecule has 1 aliphatic heterocycles. The Balaban J connectivity index is 1.49. The van der Waals surface area contributed by atoms with Gasteiger partial charge in [-0.1, -0.05) is 66.8 Å². The molecule has 1 aromatic heterocycles. The Morgan fingerprint density at radius 2 is 1.76 bits per heavy atom. The summed E-state index contributed by atoms with van der Waals surface area (Å²) in [5.74, 6) is -2.11. The predicted octanol–water partition coefficient (Wildman–Crippen LogP) is 6.91. The fraction of sp³-hybridized carbons (Fsp3) is 0.200. The van der Waals surface area contributed by atoms with Gasteiger partial charge in [-0.15, -0.1) is 10.2 Å². The molecule has 7 nitrogen and oxygen atoms in total. The van der Waals surface area contributed by atoms with Gasteiger partial charge in [0.05, 0.1) is 18.2 Å². The standard InChI is InChI=1S/C30H25F2N3O4S2/c1-2-3-16-39-22-14-10-19(11-15-22)26(36)24-25(18-8-12-21(31)13-9-18)35(28(38)27(24)37)29-33-34-30(41-29)40-17-20-6-4-5-7-23(20)32/h4-15,25,36H,2-3,16-17H2,1H3/t25-/m0/s1. The second kappa shape index (κ2) is 12.6. The fourth-order valence-corrected chi connectivity index (χ4v) is 6.16. The molecule has 0 unspecified atom stereocenters. The van der Waals surface area contributed by atoms with Crippen LogP contribution in [0.1, 0.15) is 42.5 Å². The zero-order valence-electron chi connectivity index (χ0n) is 21.9. The van der Waals surface area contributed by atoms with Crippen molar-refractivity contribution in [2.24, 2.45) is 0 Å². The second-order valence-corrected chi connectivity index (χ2v) is 11.4. The Labute approximate surface area is 243 Å². The van der Waals surface area contributed by atoms with Crippen molar-refractivity contribution in [3.05, 3.63) is 107 Å². The first kappa shape index (κ1) is 28.4. The van der Waals surface area contributed by atoms with Gasteiger partial charge in [-0.25, -0.2) is 8.78 Å². The van der Waals surface area contributed by atoms with Crippen molar-refractivity contribution in [2.75, 3.05) is 11.5 Å². The second-order valence-electron chi connectivity index (χ2n) is 9.18. The molecule has 3 aromatic carbocycles. The molecule has 1 atom stereocenters. The maximum atomic E-state index is 14.1. The Kier molecular flexibility index (Phi) is 8.75. The van der Waals surface area contributed by atoms with E-state index in [9.17, 15) is 23.5 Å². The van der Waals surface area contributed by atoms with Crippen LogP contribution in [0.5, 0.6) is 5.75 Å². The number of thioether (sulfide) groups is 1. The molecule has 210 valence electrons. The van der Waals surface area contributed by atoms with E-state index in [-0.39, 0.29) is 22.3 Å². The van der Waals surface area contributed by atoms with E-state index >= 15 is 0 Å². The third-order valence-electron chi connectivity index (χ3n) is 6.44. The summed E-state index contributed by atoms with van der Waals surface area (Å²) in [5, 5.41) is 19.7. The molecule has 11 heteroatoms. The van der Waals surface area contributed by atoms with Crippen molar-refractivity contribution in [3.63, 3.8) is 0 Å². The lowest BCUT2D eigenvalue weighted by atomic mass is 9.95. The molecule has 0 spiro atoms. The van der Waals surface area contributed by atoms with E-state index in [2.05, 4.69) is 17.1 Å². The minimum absolute atomic E-state index is 0.121. The molecule has 0 bridgehead atoms. The van der Waals surface area contributed by atoms with Gasteiger partial charge < -0.3 is 9.84 Å². The summed E-state index contributed by atoms with van der Waals surface area (Å²) in [4.78, 5) is 27.9. The number of carbonyl (C=O) groups excluding carboxylic acids is 2. The summed E-state index contributed by atoms with van der Waals surface area (Å²) in [6.45, 7) is 2.62. The summed E-state index contributed by atoms with van der Waals surface area (Å²) < 4.78 is 34.0. The third kappa shape index (κ3) is 6.15. The number of carbonyl (C=O) groups is 2. The van der Waals surface area contributed by atoms with Gasteiger partial charge in [-0.05, 0) is 60.0 Å². The number of ether oxygens (including phenoxy) is 1. The van der Waals surface area contributed by atoms with Gasteiger partial charge in [-0.3, -0.25) is 14.5 Å². The number of aliphatic hydroxyl groups is 1. The topological polar surface area (TPSA) is 92.6 Å². The molecule has 0 saturated carbocycles. The fourth-order valence-electron chi connectivity index (χ4n) is 4.30. The van der Waals surface area contributed by atoms with Gasteiger partial charge in [0, 0.05) is 11.3 Å². The maximum Gasteiger partial charge on any atom is 0.301 e. The number of halogens is 2. The smallest absolute Gasteiger partial charge is 0.301 e. The van der Waals surface area contributed by atoms with Crippen LogP contribution in [0.2, 0.25) is 0 Å². The summed E-state index contributed by atoms with van der Waals surface area (Å²) >= 11 is 2.30. The largest absolute Gasteiger partial charge is 0.507 e. The Hall–Kier alpha value is -4.09. The zero-order valence-corrected chi connectivity index (χ0v) is 23.6. The number of anilines is 1. The van der Waals surface area contributed by atoms with E-state index in [1.165, 1.54) is 42.1 Å². The molecule has 0 radical (unpaired) electrons. The molecule has 1 amide bonds. The average molecular weight is 594 g/mol. The first-order valence-corrected chi connectivity index (χ1v) is 14.7. The van der Waals surface area contributed by atoms with Gasteiger partial charge in [0.1, 0.15) is 23.1 Å². The molecular formula is C30H25F2N3O4S2. The highest BCUT2D eigenvalue weighted by molar-refractivity contribution is 8.00. The minimum atomic E-state index is -1.08. The molecule has 1 aliphatic rings. The van der Waals surface area contributed by atoms with E-state index in [1.807, 2.05) is 0 Å². The molecule has 1 saturated heterocycles. The number of Topliss-reactive ketones (excluding diaryl/α,β-unsaturated/α-hetero) is 1. The third-order valence-corrected chi connectivity index (χ3v) is 8.54. The van der Waals surface area contributed by atoms with E-state index in [0.29, 0.717) is 39.1 Å². The number of rotatable bonds is 10. The molecule has 0 aliphatic carbocycles. The number of benzene rings is 3. The Morgan fingerprint density at radius 1 is 1.02 bits per heavy atom. The van der Waals surface area contributed by atoms with Crippen molar-refractivity contribution in [3.8, 4) is 5.75 Å². The van der Waals surface area contributed by atoms with Crippen LogP contribution in [0.15, 0.2) is 82.7 Å². The summed E-state index contributed by atoms with van der Waals surface area (Å²) in [6.07, 6.45) is 1.89. The van der Waals surface area contributed by atoms with Crippen LogP contribution in [0.25, 0.3) is 5.76 Å². The van der Waals surface area contributed by atoms with Gasteiger partial charge in [0.15, 0.2) is 4.34 Å². The van der Waals surface area contributed by atoms with Gasteiger partial charge >= 0.3 is 5.91 Å². The minimum Gasteiger partial charge on any atom is -0.507 e. The van der Waals surface area contributed by atoms with Gasteiger partial charge in [0.2, 0.25) is 5.13 Å². The van der Waals surface area contributed by atoms with Crippen LogP contribution in [-0.2, 0) is 15.3 Å². The number of amides is 1. The van der Waals surface area contributed by atoms with E-state index in [1.54, 1.807) is 42.5 Å². The highest BCUT2D eigenvalue weighted by atomic mass is 32.2. The lowest BCUT2D eigenvalue weighted by molar-refractivity contribution is -0.132. The first-order valence-electron chi connectivity index (χ1n) is 12.9. The Morgan fingerprint density at radius 3 is 2.46 bits per heavy atom. The van der Waals surface area contributed by atoms with E-state index < -0.39 is 23.5 Å². The predicted molar refractivity (Wildman–Crippen MR) is 154 cm³/mol. The van der Waals surface area contributed by atoms with Crippen molar-refractivity contribution in [1.82, 2.24) is 10.2 Å². The molecule has 5 rings (SSSR count). The summed E-state index contributed by atoms with van der Waals surface area (Å²) in [5.41, 5.74) is 1.05. The lowest BCUT2D eigenvalue weighted by Gasteiger charge is -2.22. The van der Waals surface area contributed by atoms with Crippen molar-refractivity contribution in [1.29, 1.82) is 0 Å². The van der Waals surface area contributed by atoms with Crippen molar-refractivity contribution >= 4 is 45.7 Å². The van der Waals surface area contributed by atoms with Crippen LogP contribution in [0.3, 0.4) is 0 Å². The first-order chi connectivity index (χ1) is 19.9. The van der Waals surface area contributed by atoms with Crippen LogP contribution in [0, 0.1) is 11.6 Å². The molecule has 1 N–H and O–H groups in total. The number of nitrogens with zero attached hydrogens (tertiary/aromatic N) is 3. The van der Waals surface area contributed by atoms with Gasteiger partial charge in [-0.2, -0.15) is 0 Å². The molecular weight excluding hydrogens is 568 g/mol. The van der Waals surface area contributed by atoms with Crippen LogP contribution in [-0.4, -0.2) is 33.6 Å². The van der Waals surface area contributed by atoms with Crippen LogP contribution in [0.4, 0.5) is 13.9 Å². The summed E-state index contributed by atoms with van der Waals surface area (Å²) in [6, 6.07) is 17.2. The SMILES string of the molecule is CCCCOc1ccc(C(O)=C2C(=O)C(=O)N(c3nnc(SCc4ccccc4F)s3)[C@H]2c2ccc(F)cc2)cc1. The van der Waals surface area contributed by atoms with Gasteiger partial charge in [0.25, 0.3) is 5.78 Å². The normalized spacial score (nSPS) is 16.4. The molecule has 41 heavy (non-hydrogen) atoms. The number of hydrogen-bond acceptors (Lipinski definition) is 8. The average Bonchev–Trinajstić information content (AvgIpc) is 3.55.